The quantitative estimate of drug-likeness (QED) is 0.241. The third-order valence-corrected chi connectivity index (χ3v) is 5.14. The monoisotopic (exact) mass is 459 g/mol. The fourth-order valence-electron chi connectivity index (χ4n) is 2.89. The Morgan fingerprint density at radius 2 is 1.96 bits per heavy atom. The second kappa shape index (κ2) is 12.3. The van der Waals surface area contributed by atoms with Crippen LogP contribution in [0.4, 0.5) is 0 Å². The van der Waals surface area contributed by atoms with Crippen LogP contribution in [-0.2, 0) is 9.84 Å². The third kappa shape index (κ3) is 12.0. The molecule has 0 aromatic heterocycles. The third-order valence-electron chi connectivity index (χ3n) is 4.16. The molecule has 0 heterocycles. The van der Waals surface area contributed by atoms with Crippen LogP contribution in [0.25, 0.3) is 0 Å². The Labute approximate surface area is 159 Å². The maximum Gasteiger partial charge on any atom is 0.191 e. The molecule has 1 unspecified atom stereocenters. The maximum absolute atomic E-state index is 11.2. The van der Waals surface area contributed by atoms with Gasteiger partial charge < -0.3 is 10.6 Å². The molecule has 0 aromatic rings. The van der Waals surface area contributed by atoms with Gasteiger partial charge in [-0.05, 0) is 39.0 Å². The smallest absolute Gasteiger partial charge is 0.191 e. The van der Waals surface area contributed by atoms with Crippen molar-refractivity contribution in [1.82, 2.24) is 10.6 Å². The summed E-state index contributed by atoms with van der Waals surface area (Å²) < 4.78 is 22.4. The van der Waals surface area contributed by atoms with E-state index < -0.39 is 9.84 Å². The van der Waals surface area contributed by atoms with Crippen LogP contribution in [0.15, 0.2) is 4.99 Å². The van der Waals surface area contributed by atoms with E-state index in [4.69, 9.17) is 0 Å². The molecule has 1 atom stereocenters. The van der Waals surface area contributed by atoms with Crippen LogP contribution in [0.3, 0.4) is 0 Å². The molecule has 0 aliphatic heterocycles. The fourth-order valence-corrected chi connectivity index (χ4v) is 3.67. The number of nitrogens with one attached hydrogen (secondary N) is 2. The zero-order valence-electron chi connectivity index (χ0n) is 14.8. The summed E-state index contributed by atoms with van der Waals surface area (Å²) in [5.74, 6) is 1.93. The first-order valence-corrected chi connectivity index (χ1v) is 10.7. The average molecular weight is 459 g/mol. The molecule has 1 fully saturated rings. The number of sulfone groups is 1. The molecule has 1 aliphatic rings. The fraction of sp³-hybridized carbons (Fsp3) is 0.938. The van der Waals surface area contributed by atoms with E-state index in [1.807, 2.05) is 13.8 Å². The highest BCUT2D eigenvalue weighted by Gasteiger charge is 2.14. The summed E-state index contributed by atoms with van der Waals surface area (Å²) in [6.45, 7) is 5.69. The number of hydrogen-bond acceptors (Lipinski definition) is 3. The van der Waals surface area contributed by atoms with Gasteiger partial charge in [-0.15, -0.1) is 24.0 Å². The number of hydrogen-bond donors (Lipinski definition) is 2. The standard InChI is InChI=1S/C16H33N3O2S.HI/c1-4-17-16(19-14(2)11-13-22(3,20)21)18-12-7-10-15-8-5-6-9-15;/h14-15H,4-13H2,1-3H3,(H2,17,18,19);1H. The van der Waals surface area contributed by atoms with Crippen LogP contribution in [-0.4, -0.2) is 45.5 Å². The Bertz CT molecular complexity index is 435. The zero-order chi connectivity index (χ0) is 16.4. The molecule has 1 saturated carbocycles. The molecule has 0 amide bonds. The van der Waals surface area contributed by atoms with Gasteiger partial charge in [-0.2, -0.15) is 0 Å². The summed E-state index contributed by atoms with van der Waals surface area (Å²) in [4.78, 5) is 4.60. The molecule has 0 aromatic carbocycles. The van der Waals surface area contributed by atoms with Crippen molar-refractivity contribution < 1.29 is 8.42 Å². The van der Waals surface area contributed by atoms with E-state index >= 15 is 0 Å². The summed E-state index contributed by atoms with van der Waals surface area (Å²) in [5, 5.41) is 6.52. The van der Waals surface area contributed by atoms with E-state index in [1.165, 1.54) is 38.4 Å². The van der Waals surface area contributed by atoms with Crippen molar-refractivity contribution in [3.05, 3.63) is 0 Å². The van der Waals surface area contributed by atoms with Gasteiger partial charge in [0.2, 0.25) is 0 Å². The summed E-state index contributed by atoms with van der Waals surface area (Å²) >= 11 is 0. The molecular formula is C16H34IN3O2S. The molecule has 0 spiro atoms. The van der Waals surface area contributed by atoms with Crippen LogP contribution in [0.1, 0.15) is 58.8 Å². The minimum Gasteiger partial charge on any atom is -0.357 e. The van der Waals surface area contributed by atoms with Gasteiger partial charge in [-0.3, -0.25) is 4.99 Å². The van der Waals surface area contributed by atoms with Gasteiger partial charge >= 0.3 is 0 Å². The molecule has 1 rings (SSSR count). The second-order valence-corrected chi connectivity index (χ2v) is 8.78. The van der Waals surface area contributed by atoms with Gasteiger partial charge in [-0.25, -0.2) is 8.42 Å². The molecule has 2 N–H and O–H groups in total. The Kier molecular flexibility index (Phi) is 12.3. The van der Waals surface area contributed by atoms with E-state index in [2.05, 4.69) is 15.6 Å². The van der Waals surface area contributed by atoms with E-state index in [0.717, 1.165) is 31.4 Å². The van der Waals surface area contributed by atoms with Crippen LogP contribution in [0.5, 0.6) is 0 Å². The minimum atomic E-state index is -2.90. The Balaban J connectivity index is 0.00000484. The molecule has 0 bridgehead atoms. The summed E-state index contributed by atoms with van der Waals surface area (Å²) in [6, 6.07) is 0.0994. The molecule has 138 valence electrons. The number of halogens is 1. The van der Waals surface area contributed by atoms with Gasteiger partial charge in [0.05, 0.1) is 5.75 Å². The van der Waals surface area contributed by atoms with Crippen molar-refractivity contribution in [1.29, 1.82) is 0 Å². The van der Waals surface area contributed by atoms with Crippen molar-refractivity contribution in [3.8, 4) is 0 Å². The van der Waals surface area contributed by atoms with E-state index in [9.17, 15) is 8.42 Å². The van der Waals surface area contributed by atoms with Crippen molar-refractivity contribution in [2.24, 2.45) is 10.9 Å². The topological polar surface area (TPSA) is 70.6 Å². The lowest BCUT2D eigenvalue weighted by atomic mass is 10.0. The SMILES string of the molecule is CCNC(=NCCCC1CCCC1)NC(C)CCS(C)(=O)=O.I. The number of rotatable bonds is 9. The van der Waals surface area contributed by atoms with Gasteiger partial charge in [0.25, 0.3) is 0 Å². The van der Waals surface area contributed by atoms with Gasteiger partial charge in [0, 0.05) is 25.4 Å². The summed E-state index contributed by atoms with van der Waals surface area (Å²) in [6.07, 6.45) is 9.89. The zero-order valence-corrected chi connectivity index (χ0v) is 18.0. The maximum atomic E-state index is 11.2. The van der Waals surface area contributed by atoms with Crippen LogP contribution in [0, 0.1) is 5.92 Å². The highest BCUT2D eigenvalue weighted by Crippen LogP contribution is 2.28. The Hall–Kier alpha value is -0.0500. The Morgan fingerprint density at radius 3 is 2.52 bits per heavy atom. The second-order valence-electron chi connectivity index (χ2n) is 6.52. The molecule has 0 saturated heterocycles. The van der Waals surface area contributed by atoms with E-state index in [0.29, 0.717) is 6.42 Å². The summed E-state index contributed by atoms with van der Waals surface area (Å²) in [7, 11) is -2.90. The van der Waals surface area contributed by atoms with Crippen molar-refractivity contribution >= 4 is 39.8 Å². The van der Waals surface area contributed by atoms with Gasteiger partial charge in [0.15, 0.2) is 5.96 Å². The molecule has 0 radical (unpaired) electrons. The van der Waals surface area contributed by atoms with Crippen LogP contribution >= 0.6 is 24.0 Å². The first kappa shape index (κ1) is 22.9. The van der Waals surface area contributed by atoms with Crippen molar-refractivity contribution in [3.63, 3.8) is 0 Å². The lowest BCUT2D eigenvalue weighted by Gasteiger charge is -2.17. The lowest BCUT2D eigenvalue weighted by Crippen LogP contribution is -2.42. The molecular weight excluding hydrogens is 425 g/mol. The minimum absolute atomic E-state index is 0. The van der Waals surface area contributed by atoms with Crippen LogP contribution < -0.4 is 10.6 Å². The number of nitrogens with zero attached hydrogens (tertiary/aromatic N) is 1. The normalized spacial score (nSPS) is 17.6. The number of aliphatic imine (C=N–C) groups is 1. The van der Waals surface area contributed by atoms with E-state index in [-0.39, 0.29) is 35.8 Å². The van der Waals surface area contributed by atoms with E-state index in [1.54, 1.807) is 0 Å². The number of guanidine groups is 1. The summed E-state index contributed by atoms with van der Waals surface area (Å²) in [5.41, 5.74) is 0. The van der Waals surface area contributed by atoms with Gasteiger partial charge in [-0.1, -0.05) is 25.7 Å². The highest BCUT2D eigenvalue weighted by molar-refractivity contribution is 14.0. The average Bonchev–Trinajstić information content (AvgIpc) is 2.94. The molecule has 23 heavy (non-hydrogen) atoms. The van der Waals surface area contributed by atoms with Crippen molar-refractivity contribution in [2.75, 3.05) is 25.1 Å². The highest BCUT2D eigenvalue weighted by atomic mass is 127. The first-order valence-electron chi connectivity index (χ1n) is 8.63. The van der Waals surface area contributed by atoms with Gasteiger partial charge in [0.1, 0.15) is 9.84 Å². The molecule has 1 aliphatic carbocycles. The Morgan fingerprint density at radius 1 is 1.30 bits per heavy atom. The predicted molar refractivity (Wildman–Crippen MR) is 110 cm³/mol. The van der Waals surface area contributed by atoms with Crippen molar-refractivity contribution in [2.45, 2.75) is 64.8 Å². The largest absolute Gasteiger partial charge is 0.357 e. The molecule has 7 heteroatoms. The lowest BCUT2D eigenvalue weighted by molar-refractivity contribution is 0.487. The predicted octanol–water partition coefficient (Wildman–Crippen LogP) is 2.95. The van der Waals surface area contributed by atoms with Crippen LogP contribution in [0.2, 0.25) is 0 Å². The molecule has 5 nitrogen and oxygen atoms in total. The first-order chi connectivity index (χ1) is 10.4.